The molecule has 3 heterocycles. The minimum atomic E-state index is -0.941. The Labute approximate surface area is 198 Å². The lowest BCUT2D eigenvalue weighted by molar-refractivity contribution is -0.137. The Morgan fingerprint density at radius 2 is 1.97 bits per heavy atom. The van der Waals surface area contributed by atoms with E-state index in [1.807, 2.05) is 25.1 Å². The summed E-state index contributed by atoms with van der Waals surface area (Å²) >= 11 is 6.36. The number of rotatable bonds is 7. The van der Waals surface area contributed by atoms with Crippen molar-refractivity contribution in [1.29, 1.82) is 0 Å². The highest BCUT2D eigenvalue weighted by molar-refractivity contribution is 8.26. The first-order valence-electron chi connectivity index (χ1n) is 10.1. The number of thiocarbonyl (C=S) groups is 1. The Bertz CT molecular complexity index is 1370. The third-order valence-corrected chi connectivity index (χ3v) is 6.33. The molecule has 0 saturated carbocycles. The molecule has 0 bridgehead atoms. The predicted octanol–water partition coefficient (Wildman–Crippen LogP) is 3.86. The highest BCUT2D eigenvalue weighted by atomic mass is 32.2. The lowest BCUT2D eigenvalue weighted by Gasteiger charge is -2.13. The molecule has 1 fully saturated rings. The number of carboxylic acids is 1. The first-order valence-corrected chi connectivity index (χ1v) is 11.3. The van der Waals surface area contributed by atoms with Gasteiger partial charge in [-0.1, -0.05) is 48.2 Å². The summed E-state index contributed by atoms with van der Waals surface area (Å²) in [6.07, 6.45) is 3.24. The number of thioether (sulfide) groups is 1. The van der Waals surface area contributed by atoms with Gasteiger partial charge < -0.3 is 9.84 Å². The van der Waals surface area contributed by atoms with E-state index in [0.717, 1.165) is 17.3 Å². The van der Waals surface area contributed by atoms with Crippen LogP contribution in [0.2, 0.25) is 0 Å². The SMILES string of the molecule is Cc1ccccc1Oc1nc2ccccn2c(=O)c1/C=C1\SC(=S)N(CCCC(=O)O)C1=O. The van der Waals surface area contributed by atoms with Crippen molar-refractivity contribution in [3.8, 4) is 11.6 Å². The van der Waals surface area contributed by atoms with Gasteiger partial charge in [-0.2, -0.15) is 4.98 Å². The van der Waals surface area contributed by atoms with Gasteiger partial charge in [-0.25, -0.2) is 0 Å². The molecule has 0 radical (unpaired) electrons. The molecule has 4 rings (SSSR count). The van der Waals surface area contributed by atoms with Gasteiger partial charge in [-0.3, -0.25) is 23.7 Å². The van der Waals surface area contributed by atoms with Gasteiger partial charge in [0.15, 0.2) is 0 Å². The lowest BCUT2D eigenvalue weighted by atomic mass is 10.2. The second-order valence-electron chi connectivity index (χ2n) is 7.26. The van der Waals surface area contributed by atoms with Crippen LogP contribution < -0.4 is 10.3 Å². The van der Waals surface area contributed by atoms with E-state index >= 15 is 0 Å². The quantitative estimate of drug-likeness (QED) is 0.401. The molecule has 1 aliphatic rings. The molecule has 1 amide bonds. The van der Waals surface area contributed by atoms with Crippen LogP contribution in [0.3, 0.4) is 0 Å². The van der Waals surface area contributed by atoms with Crippen molar-refractivity contribution >= 4 is 51.9 Å². The van der Waals surface area contributed by atoms with Crippen molar-refractivity contribution in [3.63, 3.8) is 0 Å². The van der Waals surface area contributed by atoms with Crippen molar-refractivity contribution in [3.05, 3.63) is 75.0 Å². The number of aromatic nitrogens is 2. The highest BCUT2D eigenvalue weighted by Gasteiger charge is 2.32. The molecule has 10 heteroatoms. The highest BCUT2D eigenvalue weighted by Crippen LogP contribution is 2.34. The summed E-state index contributed by atoms with van der Waals surface area (Å²) in [5.74, 6) is -0.698. The molecule has 1 saturated heterocycles. The number of fused-ring (bicyclic) bond motifs is 1. The molecule has 0 aliphatic carbocycles. The first-order chi connectivity index (χ1) is 15.8. The second-order valence-corrected chi connectivity index (χ2v) is 8.94. The van der Waals surface area contributed by atoms with Crippen molar-refractivity contribution in [2.24, 2.45) is 0 Å². The molecular weight excluding hydrogens is 462 g/mol. The number of carboxylic acid groups (broad SMARTS) is 1. The maximum atomic E-state index is 13.3. The third kappa shape index (κ3) is 4.81. The Hall–Kier alpha value is -3.50. The minimum absolute atomic E-state index is 0.0690. The number of para-hydroxylation sites is 1. The normalized spacial score (nSPS) is 14.9. The van der Waals surface area contributed by atoms with E-state index in [1.54, 1.807) is 30.5 Å². The van der Waals surface area contributed by atoms with Gasteiger partial charge >= 0.3 is 5.97 Å². The Kier molecular flexibility index (Phi) is 6.57. The van der Waals surface area contributed by atoms with Crippen molar-refractivity contribution in [1.82, 2.24) is 14.3 Å². The van der Waals surface area contributed by atoms with E-state index in [9.17, 15) is 14.4 Å². The molecule has 0 unspecified atom stereocenters. The predicted molar refractivity (Wildman–Crippen MR) is 129 cm³/mol. The van der Waals surface area contributed by atoms with E-state index in [2.05, 4.69) is 4.98 Å². The summed E-state index contributed by atoms with van der Waals surface area (Å²) in [4.78, 5) is 43.1. The maximum absolute atomic E-state index is 13.3. The summed E-state index contributed by atoms with van der Waals surface area (Å²) in [6.45, 7) is 2.07. The average molecular weight is 482 g/mol. The Morgan fingerprint density at radius 3 is 2.73 bits per heavy atom. The lowest BCUT2D eigenvalue weighted by Crippen LogP contribution is -2.29. The molecule has 1 aromatic carbocycles. The number of aliphatic carboxylic acids is 1. The topological polar surface area (TPSA) is 101 Å². The smallest absolute Gasteiger partial charge is 0.303 e. The monoisotopic (exact) mass is 481 g/mol. The van der Waals surface area contributed by atoms with Gasteiger partial charge in [0.1, 0.15) is 21.3 Å². The zero-order chi connectivity index (χ0) is 23.5. The maximum Gasteiger partial charge on any atom is 0.303 e. The molecule has 1 N–H and O–H groups in total. The van der Waals surface area contributed by atoms with Gasteiger partial charge in [0.2, 0.25) is 5.88 Å². The molecule has 3 aromatic rings. The van der Waals surface area contributed by atoms with Crippen molar-refractivity contribution < 1.29 is 19.4 Å². The molecule has 0 atom stereocenters. The van der Waals surface area contributed by atoms with Crippen LogP contribution in [0.1, 0.15) is 24.0 Å². The van der Waals surface area contributed by atoms with Crippen LogP contribution in [0.15, 0.2) is 58.4 Å². The third-order valence-electron chi connectivity index (χ3n) is 4.96. The van der Waals surface area contributed by atoms with E-state index in [4.69, 9.17) is 22.1 Å². The van der Waals surface area contributed by atoms with Gasteiger partial charge in [-0.15, -0.1) is 0 Å². The van der Waals surface area contributed by atoms with Crippen LogP contribution >= 0.6 is 24.0 Å². The fourth-order valence-electron chi connectivity index (χ4n) is 3.27. The number of nitrogens with zero attached hydrogens (tertiary/aromatic N) is 3. The number of aryl methyl sites for hydroxylation is 1. The molecule has 2 aromatic heterocycles. The average Bonchev–Trinajstić information content (AvgIpc) is 3.05. The molecule has 8 nitrogen and oxygen atoms in total. The van der Waals surface area contributed by atoms with Crippen molar-refractivity contribution in [2.45, 2.75) is 19.8 Å². The number of benzene rings is 1. The molecule has 168 valence electrons. The van der Waals surface area contributed by atoms with Gasteiger partial charge in [-0.05, 0) is 43.2 Å². The van der Waals surface area contributed by atoms with Crippen LogP contribution in [0.4, 0.5) is 0 Å². The summed E-state index contributed by atoms with van der Waals surface area (Å²) in [6, 6.07) is 12.5. The van der Waals surface area contributed by atoms with Gasteiger partial charge in [0.25, 0.3) is 11.5 Å². The first kappa shape index (κ1) is 22.7. The Morgan fingerprint density at radius 1 is 1.21 bits per heavy atom. The minimum Gasteiger partial charge on any atom is -0.481 e. The van der Waals surface area contributed by atoms with Crippen LogP contribution in [-0.4, -0.2) is 42.1 Å². The van der Waals surface area contributed by atoms with Crippen LogP contribution in [0.5, 0.6) is 11.6 Å². The second kappa shape index (κ2) is 9.55. The Balaban J connectivity index is 1.75. The zero-order valence-corrected chi connectivity index (χ0v) is 19.2. The molecule has 0 spiro atoms. The number of hydrogen-bond acceptors (Lipinski definition) is 7. The number of carbonyl (C=O) groups is 2. The number of ether oxygens (including phenoxy) is 1. The number of hydrogen-bond donors (Lipinski definition) is 1. The van der Waals surface area contributed by atoms with Crippen LogP contribution in [0.25, 0.3) is 11.7 Å². The number of amides is 1. The summed E-state index contributed by atoms with van der Waals surface area (Å²) in [5, 5.41) is 8.84. The van der Waals surface area contributed by atoms with E-state index in [0.29, 0.717) is 15.7 Å². The fraction of sp³-hybridized carbons (Fsp3) is 0.174. The molecule has 1 aliphatic heterocycles. The summed E-state index contributed by atoms with van der Waals surface area (Å²) < 4.78 is 7.71. The number of pyridine rings is 1. The van der Waals surface area contributed by atoms with Gasteiger partial charge in [0, 0.05) is 19.2 Å². The van der Waals surface area contributed by atoms with Crippen LogP contribution in [0, 0.1) is 6.92 Å². The zero-order valence-electron chi connectivity index (χ0n) is 17.6. The molecule has 33 heavy (non-hydrogen) atoms. The van der Waals surface area contributed by atoms with Crippen LogP contribution in [-0.2, 0) is 9.59 Å². The van der Waals surface area contributed by atoms with E-state index in [1.165, 1.54) is 15.4 Å². The fourth-order valence-corrected chi connectivity index (χ4v) is 4.56. The standard InChI is InChI=1S/C23H19N3O5S2/c1-14-7-2-3-8-16(14)31-20-15(21(29)25-11-5-4-9-18(25)24-20)13-17-22(30)26(23(32)33-17)12-6-10-19(27)28/h2-5,7-9,11,13H,6,10,12H2,1H3,(H,27,28)/b17-13-. The van der Waals surface area contributed by atoms with E-state index < -0.39 is 5.97 Å². The van der Waals surface area contributed by atoms with Gasteiger partial charge in [0.05, 0.1) is 4.91 Å². The summed E-state index contributed by atoms with van der Waals surface area (Å²) in [7, 11) is 0. The number of carbonyl (C=O) groups excluding carboxylic acids is 1. The largest absolute Gasteiger partial charge is 0.481 e. The summed E-state index contributed by atoms with van der Waals surface area (Å²) in [5.41, 5.74) is 1.00. The molecular formula is C23H19N3O5S2. The van der Waals surface area contributed by atoms with Crippen molar-refractivity contribution in [2.75, 3.05) is 6.54 Å². The van der Waals surface area contributed by atoms with E-state index in [-0.39, 0.29) is 47.2 Å².